The second-order valence-electron chi connectivity index (χ2n) is 6.34. The number of anilines is 1. The third-order valence-electron chi connectivity index (χ3n) is 3.95. The van der Waals surface area contributed by atoms with E-state index in [0.717, 1.165) is 4.31 Å². The van der Waals surface area contributed by atoms with E-state index in [-0.39, 0.29) is 21.4 Å². The minimum absolute atomic E-state index is 0.0265. The van der Waals surface area contributed by atoms with Crippen molar-refractivity contribution >= 4 is 39.1 Å². The molecule has 2 aromatic carbocycles. The number of likely N-dealkylation sites (N-methyl/N-ethyl adjacent to an activating group) is 1. The molecule has 0 aromatic heterocycles. The number of rotatable bonds is 6. The molecule has 0 saturated carbocycles. The molecule has 2 rings (SSSR count). The molecule has 2 aromatic rings. The lowest BCUT2D eigenvalue weighted by Crippen LogP contribution is -2.35. The summed E-state index contributed by atoms with van der Waals surface area (Å²) in [7, 11) is 0.568. The molecule has 0 aliphatic carbocycles. The fraction of sp³-hybridized carbons (Fsp3) is 0.211. The normalized spacial score (nSPS) is 11.0. The molecule has 0 bridgehead atoms. The molecule has 0 saturated heterocycles. The predicted octanol–water partition coefficient (Wildman–Crippen LogP) is 2.17. The summed E-state index contributed by atoms with van der Waals surface area (Å²) in [5.41, 5.74) is 0.951. The maximum Gasteiger partial charge on any atom is 0.254 e. The van der Waals surface area contributed by atoms with Gasteiger partial charge in [-0.05, 0) is 42.5 Å². The molecule has 0 atom stereocenters. The van der Waals surface area contributed by atoms with Crippen LogP contribution in [0.25, 0.3) is 0 Å². The van der Waals surface area contributed by atoms with Gasteiger partial charge < -0.3 is 10.2 Å². The van der Waals surface area contributed by atoms with E-state index in [1.807, 2.05) is 6.07 Å². The Morgan fingerprint density at radius 3 is 2.24 bits per heavy atom. The molecular formula is C19H19ClN4O4S. The van der Waals surface area contributed by atoms with Crippen LogP contribution in [0.1, 0.15) is 15.9 Å². The van der Waals surface area contributed by atoms with Crippen LogP contribution in [-0.2, 0) is 14.8 Å². The molecule has 0 fully saturated rings. The molecule has 152 valence electrons. The number of halogens is 1. The summed E-state index contributed by atoms with van der Waals surface area (Å²) in [5, 5.41) is 11.5. The number of hydrogen-bond acceptors (Lipinski definition) is 5. The molecule has 0 aliphatic rings. The lowest BCUT2D eigenvalue weighted by molar-refractivity contribution is -0.116. The number of nitriles is 1. The zero-order chi connectivity index (χ0) is 21.8. The lowest BCUT2D eigenvalue weighted by Gasteiger charge is -2.17. The molecule has 0 radical (unpaired) electrons. The highest BCUT2D eigenvalue weighted by atomic mass is 35.5. The van der Waals surface area contributed by atoms with Crippen LogP contribution in [0.15, 0.2) is 47.4 Å². The Balaban J connectivity index is 2.09. The summed E-state index contributed by atoms with van der Waals surface area (Å²) in [6.07, 6.45) is 0. The summed E-state index contributed by atoms with van der Waals surface area (Å²) in [5.74, 6) is -0.853. The fourth-order valence-corrected chi connectivity index (χ4v) is 3.76. The first kappa shape index (κ1) is 22.4. The van der Waals surface area contributed by atoms with Crippen LogP contribution in [0, 0.1) is 11.3 Å². The lowest BCUT2D eigenvalue weighted by atomic mass is 10.2. The average Bonchev–Trinajstić information content (AvgIpc) is 2.67. The Bertz CT molecular complexity index is 1080. The van der Waals surface area contributed by atoms with Gasteiger partial charge in [-0.1, -0.05) is 11.6 Å². The van der Waals surface area contributed by atoms with Crippen molar-refractivity contribution < 1.29 is 18.0 Å². The van der Waals surface area contributed by atoms with E-state index < -0.39 is 22.5 Å². The summed E-state index contributed by atoms with van der Waals surface area (Å²) < 4.78 is 26.0. The topological polar surface area (TPSA) is 111 Å². The number of sulfonamides is 1. The summed E-state index contributed by atoms with van der Waals surface area (Å²) in [6.45, 7) is -0.432. The minimum atomic E-state index is -3.90. The van der Waals surface area contributed by atoms with Gasteiger partial charge in [0.1, 0.15) is 0 Å². The van der Waals surface area contributed by atoms with Gasteiger partial charge in [-0.3, -0.25) is 9.59 Å². The second kappa shape index (κ2) is 9.05. The molecule has 0 spiro atoms. The molecular weight excluding hydrogens is 416 g/mol. The number of nitrogens with one attached hydrogen (secondary N) is 1. The van der Waals surface area contributed by atoms with Gasteiger partial charge in [-0.2, -0.15) is 9.57 Å². The van der Waals surface area contributed by atoms with Gasteiger partial charge in [0.2, 0.25) is 15.9 Å². The average molecular weight is 435 g/mol. The van der Waals surface area contributed by atoms with Crippen LogP contribution < -0.4 is 5.32 Å². The second-order valence-corrected chi connectivity index (χ2v) is 8.79. The van der Waals surface area contributed by atoms with Crippen LogP contribution >= 0.6 is 11.6 Å². The van der Waals surface area contributed by atoms with Crippen LogP contribution in [0.5, 0.6) is 0 Å². The third-order valence-corrected chi connectivity index (χ3v) is 6.08. The fourth-order valence-electron chi connectivity index (χ4n) is 2.38. The highest BCUT2D eigenvalue weighted by molar-refractivity contribution is 7.89. The summed E-state index contributed by atoms with van der Waals surface area (Å²) in [6, 6.07) is 11.7. The van der Waals surface area contributed by atoms with E-state index in [4.69, 9.17) is 16.9 Å². The van der Waals surface area contributed by atoms with Crippen molar-refractivity contribution in [3.63, 3.8) is 0 Å². The van der Waals surface area contributed by atoms with Gasteiger partial charge in [0.05, 0.1) is 33.7 Å². The van der Waals surface area contributed by atoms with Crippen molar-refractivity contribution in [2.75, 3.05) is 33.0 Å². The number of carbonyl (C=O) groups excluding carboxylic acids is 2. The molecule has 29 heavy (non-hydrogen) atoms. The van der Waals surface area contributed by atoms with Gasteiger partial charge in [0.15, 0.2) is 0 Å². The molecule has 0 heterocycles. The van der Waals surface area contributed by atoms with Gasteiger partial charge in [-0.15, -0.1) is 0 Å². The molecule has 0 aliphatic heterocycles. The largest absolute Gasteiger partial charge is 0.345 e. The molecule has 8 nitrogen and oxygen atoms in total. The van der Waals surface area contributed by atoms with Crippen LogP contribution in [0.4, 0.5) is 5.69 Å². The Morgan fingerprint density at radius 1 is 1.10 bits per heavy atom. The molecule has 1 N–H and O–H groups in total. The van der Waals surface area contributed by atoms with Crippen molar-refractivity contribution in [3.8, 4) is 6.07 Å². The zero-order valence-electron chi connectivity index (χ0n) is 16.0. The zero-order valence-corrected chi connectivity index (χ0v) is 17.6. The van der Waals surface area contributed by atoms with Crippen molar-refractivity contribution in [2.45, 2.75) is 4.90 Å². The minimum Gasteiger partial charge on any atom is -0.345 e. The van der Waals surface area contributed by atoms with Crippen LogP contribution in [-0.4, -0.2) is 57.1 Å². The van der Waals surface area contributed by atoms with Gasteiger partial charge in [0.25, 0.3) is 5.91 Å². The van der Waals surface area contributed by atoms with E-state index in [2.05, 4.69) is 5.32 Å². The maximum absolute atomic E-state index is 12.6. The van der Waals surface area contributed by atoms with E-state index >= 15 is 0 Å². The quantitative estimate of drug-likeness (QED) is 0.749. The number of hydrogen-bond donors (Lipinski definition) is 1. The third kappa shape index (κ3) is 5.32. The van der Waals surface area contributed by atoms with Gasteiger partial charge in [-0.25, -0.2) is 8.42 Å². The van der Waals surface area contributed by atoms with E-state index in [0.29, 0.717) is 11.3 Å². The molecule has 10 heteroatoms. The van der Waals surface area contributed by atoms with Crippen molar-refractivity contribution in [2.24, 2.45) is 0 Å². The smallest absolute Gasteiger partial charge is 0.254 e. The Hall–Kier alpha value is -2.93. The van der Waals surface area contributed by atoms with Gasteiger partial charge >= 0.3 is 0 Å². The van der Waals surface area contributed by atoms with Crippen molar-refractivity contribution in [1.29, 1.82) is 5.26 Å². The number of nitrogens with zero attached hydrogens (tertiary/aromatic N) is 3. The highest BCUT2D eigenvalue weighted by Gasteiger charge is 2.23. The van der Waals surface area contributed by atoms with E-state index in [1.54, 1.807) is 14.1 Å². The van der Waals surface area contributed by atoms with Crippen molar-refractivity contribution in [1.82, 2.24) is 9.21 Å². The molecule has 0 unspecified atom stereocenters. The molecule has 2 amide bonds. The maximum atomic E-state index is 12.6. The van der Waals surface area contributed by atoms with Crippen molar-refractivity contribution in [3.05, 3.63) is 58.6 Å². The Labute approximate surface area is 174 Å². The first-order valence-corrected chi connectivity index (χ1v) is 10.2. The summed E-state index contributed by atoms with van der Waals surface area (Å²) >= 11 is 6.11. The van der Waals surface area contributed by atoms with E-state index in [9.17, 15) is 18.0 Å². The SMILES string of the molecule is CN(C)C(=O)c1ccc(NC(=O)CN(C)S(=O)(=O)c2ccc(C#N)cc2)cc1Cl. The number of carbonyl (C=O) groups is 2. The van der Waals surface area contributed by atoms with E-state index in [1.165, 1.54) is 54.4 Å². The predicted molar refractivity (Wildman–Crippen MR) is 109 cm³/mol. The monoisotopic (exact) mass is 434 g/mol. The first-order valence-electron chi connectivity index (χ1n) is 8.34. The standard InChI is InChI=1S/C19H19ClN4O4S/c1-23(2)19(26)16-9-6-14(10-17(16)20)22-18(25)12-24(3)29(27,28)15-7-4-13(11-21)5-8-15/h4-10H,12H2,1-3H3,(H,22,25). The van der Waals surface area contributed by atoms with Crippen LogP contribution in [0.3, 0.4) is 0 Å². The Kier molecular flexibility index (Phi) is 6.97. The van der Waals surface area contributed by atoms with Crippen LogP contribution in [0.2, 0.25) is 5.02 Å². The highest BCUT2D eigenvalue weighted by Crippen LogP contribution is 2.22. The first-order chi connectivity index (χ1) is 13.6. The number of benzene rings is 2. The Morgan fingerprint density at radius 2 is 1.72 bits per heavy atom. The number of amides is 2. The summed E-state index contributed by atoms with van der Waals surface area (Å²) in [4.78, 5) is 25.6. The van der Waals surface area contributed by atoms with Gasteiger partial charge in [0, 0.05) is 26.8 Å².